The van der Waals surface area contributed by atoms with Gasteiger partial charge < -0.3 is 10.8 Å². The zero-order valence-electron chi connectivity index (χ0n) is 6.95. The van der Waals surface area contributed by atoms with Gasteiger partial charge in [0, 0.05) is 0 Å². The maximum Gasteiger partial charge on any atom is 0.338 e. The fraction of sp³-hybridized carbons (Fsp3) is 0. The first-order valence-electron chi connectivity index (χ1n) is 3.79. The minimum atomic E-state index is -1.05. The molecule has 2 rings (SSSR count). The van der Waals surface area contributed by atoms with Crippen molar-refractivity contribution in [1.82, 2.24) is 0 Å². The van der Waals surface area contributed by atoms with E-state index in [-0.39, 0.29) is 10.6 Å². The van der Waals surface area contributed by atoms with E-state index in [0.29, 0.717) is 10.4 Å². The zero-order valence-corrected chi connectivity index (χ0v) is 8.52. The summed E-state index contributed by atoms with van der Waals surface area (Å²) in [5.74, 6) is -1.05. The Morgan fingerprint density at radius 1 is 1.57 bits per heavy atom. The molecule has 0 spiro atoms. The van der Waals surface area contributed by atoms with E-state index in [1.165, 1.54) is 11.3 Å². The van der Waals surface area contributed by atoms with E-state index in [2.05, 4.69) is 0 Å². The monoisotopic (exact) mass is 227 g/mol. The number of carbonyl (C=O) groups is 1. The summed E-state index contributed by atoms with van der Waals surface area (Å²) >= 11 is 7.17. The highest BCUT2D eigenvalue weighted by Crippen LogP contribution is 2.34. The third-order valence-electron chi connectivity index (χ3n) is 1.92. The van der Waals surface area contributed by atoms with Gasteiger partial charge in [0.15, 0.2) is 0 Å². The lowest BCUT2D eigenvalue weighted by Gasteiger charge is -2.03. The Labute approximate surface area is 88.7 Å². The van der Waals surface area contributed by atoms with Gasteiger partial charge in [-0.15, -0.1) is 11.3 Å². The lowest BCUT2D eigenvalue weighted by atomic mass is 10.1. The summed E-state index contributed by atoms with van der Waals surface area (Å²) in [4.78, 5) is 11.0. The smallest absolute Gasteiger partial charge is 0.338 e. The molecular formula is C9H6ClNO2S. The molecule has 3 N–H and O–H groups in total. The zero-order chi connectivity index (χ0) is 10.3. The Kier molecular flexibility index (Phi) is 2.09. The lowest BCUT2D eigenvalue weighted by molar-refractivity contribution is 0.0699. The van der Waals surface area contributed by atoms with E-state index in [1.807, 2.05) is 11.4 Å². The second kappa shape index (κ2) is 3.15. The van der Waals surface area contributed by atoms with Gasteiger partial charge in [-0.25, -0.2) is 4.79 Å². The van der Waals surface area contributed by atoms with Gasteiger partial charge in [-0.2, -0.15) is 0 Å². The number of nitrogen functional groups attached to an aromatic ring is 1. The van der Waals surface area contributed by atoms with Crippen LogP contribution in [0.2, 0.25) is 5.02 Å². The fourth-order valence-electron chi connectivity index (χ4n) is 1.30. The molecule has 1 aromatic heterocycles. The minimum absolute atomic E-state index is 0.0941. The van der Waals surface area contributed by atoms with Crippen molar-refractivity contribution in [2.75, 3.05) is 5.73 Å². The molecule has 0 fully saturated rings. The van der Waals surface area contributed by atoms with Gasteiger partial charge in [0.05, 0.1) is 21.0 Å². The van der Waals surface area contributed by atoms with E-state index in [1.54, 1.807) is 6.07 Å². The van der Waals surface area contributed by atoms with Gasteiger partial charge in [0.1, 0.15) is 0 Å². The molecule has 1 heterocycles. The van der Waals surface area contributed by atoms with Crippen molar-refractivity contribution in [2.24, 2.45) is 0 Å². The largest absolute Gasteiger partial charge is 0.478 e. The Bertz CT molecular complexity index is 521. The molecule has 72 valence electrons. The molecule has 0 amide bonds. The average molecular weight is 228 g/mol. The third-order valence-corrected chi connectivity index (χ3v) is 3.28. The molecule has 3 nitrogen and oxygen atoms in total. The van der Waals surface area contributed by atoms with Crippen LogP contribution < -0.4 is 5.73 Å². The van der Waals surface area contributed by atoms with Gasteiger partial charge in [-0.05, 0) is 22.9 Å². The number of nitrogens with two attached hydrogens (primary N) is 1. The number of rotatable bonds is 1. The van der Waals surface area contributed by atoms with Crippen molar-refractivity contribution in [3.05, 3.63) is 28.1 Å². The lowest BCUT2D eigenvalue weighted by Crippen LogP contribution is -2.00. The van der Waals surface area contributed by atoms with Crippen molar-refractivity contribution in [2.45, 2.75) is 0 Å². The van der Waals surface area contributed by atoms with Crippen LogP contribution in [0.5, 0.6) is 0 Å². The van der Waals surface area contributed by atoms with E-state index in [9.17, 15) is 4.79 Å². The third kappa shape index (κ3) is 1.23. The molecular weight excluding hydrogens is 222 g/mol. The molecule has 0 bridgehead atoms. The van der Waals surface area contributed by atoms with Gasteiger partial charge in [0.25, 0.3) is 0 Å². The molecule has 0 radical (unpaired) electrons. The quantitative estimate of drug-likeness (QED) is 0.737. The van der Waals surface area contributed by atoms with Crippen LogP contribution in [0.1, 0.15) is 10.4 Å². The number of anilines is 1. The molecule has 0 atom stereocenters. The van der Waals surface area contributed by atoms with Crippen LogP contribution >= 0.6 is 22.9 Å². The van der Waals surface area contributed by atoms with Crippen LogP contribution in [0.25, 0.3) is 10.1 Å². The number of carboxylic acid groups (broad SMARTS) is 1. The highest BCUT2D eigenvalue weighted by molar-refractivity contribution is 7.17. The number of hydrogen-bond acceptors (Lipinski definition) is 3. The molecule has 0 saturated carbocycles. The van der Waals surface area contributed by atoms with Crippen molar-refractivity contribution in [3.8, 4) is 0 Å². The van der Waals surface area contributed by atoms with Gasteiger partial charge in [-0.3, -0.25) is 0 Å². The van der Waals surface area contributed by atoms with Crippen LogP contribution in [0.4, 0.5) is 5.69 Å². The normalized spacial score (nSPS) is 10.6. The van der Waals surface area contributed by atoms with Gasteiger partial charge in [-0.1, -0.05) is 11.6 Å². The summed E-state index contributed by atoms with van der Waals surface area (Å²) in [6.07, 6.45) is 0. The van der Waals surface area contributed by atoms with Crippen molar-refractivity contribution >= 4 is 44.7 Å². The first-order chi connectivity index (χ1) is 6.61. The first-order valence-corrected chi connectivity index (χ1v) is 5.05. The van der Waals surface area contributed by atoms with Crippen molar-refractivity contribution < 1.29 is 9.90 Å². The molecule has 1 aromatic carbocycles. The van der Waals surface area contributed by atoms with E-state index in [4.69, 9.17) is 22.4 Å². The summed E-state index contributed by atoms with van der Waals surface area (Å²) < 4.78 is 0.664. The maximum absolute atomic E-state index is 11.0. The summed E-state index contributed by atoms with van der Waals surface area (Å²) in [5.41, 5.74) is 5.99. The predicted molar refractivity (Wildman–Crippen MR) is 58.2 cm³/mol. The topological polar surface area (TPSA) is 63.3 Å². The summed E-state index contributed by atoms with van der Waals surface area (Å²) in [6.45, 7) is 0. The summed E-state index contributed by atoms with van der Waals surface area (Å²) in [7, 11) is 0. The number of aromatic carboxylic acids is 1. The van der Waals surface area contributed by atoms with Crippen molar-refractivity contribution in [3.63, 3.8) is 0 Å². The van der Waals surface area contributed by atoms with Crippen LogP contribution in [-0.2, 0) is 0 Å². The fourth-order valence-corrected chi connectivity index (χ4v) is 2.51. The van der Waals surface area contributed by atoms with Crippen LogP contribution in [0.15, 0.2) is 17.5 Å². The highest BCUT2D eigenvalue weighted by atomic mass is 35.5. The van der Waals surface area contributed by atoms with E-state index >= 15 is 0 Å². The molecule has 5 heteroatoms. The summed E-state index contributed by atoms with van der Waals surface area (Å²) in [5, 5.41) is 11.7. The highest BCUT2D eigenvalue weighted by Gasteiger charge is 2.16. The SMILES string of the molecule is Nc1cc2ccsc2c(C(=O)O)c1Cl. The Hall–Kier alpha value is -1.26. The van der Waals surface area contributed by atoms with E-state index < -0.39 is 5.97 Å². The number of hydrogen-bond donors (Lipinski definition) is 2. The van der Waals surface area contributed by atoms with Gasteiger partial charge in [0.2, 0.25) is 0 Å². The predicted octanol–water partition coefficient (Wildman–Crippen LogP) is 2.84. The summed E-state index contributed by atoms with van der Waals surface area (Å²) in [6, 6.07) is 3.50. The second-order valence-electron chi connectivity index (χ2n) is 2.80. The minimum Gasteiger partial charge on any atom is -0.478 e. The second-order valence-corrected chi connectivity index (χ2v) is 4.09. The van der Waals surface area contributed by atoms with Crippen LogP contribution in [0.3, 0.4) is 0 Å². The Morgan fingerprint density at radius 2 is 2.29 bits per heavy atom. The molecule has 0 unspecified atom stereocenters. The van der Waals surface area contributed by atoms with Gasteiger partial charge >= 0.3 is 5.97 Å². The molecule has 0 aliphatic heterocycles. The Morgan fingerprint density at radius 3 is 2.93 bits per heavy atom. The molecule has 0 aliphatic carbocycles. The standard InChI is InChI=1S/C9H6ClNO2S/c10-7-5(11)3-4-1-2-14-8(4)6(7)9(12)13/h1-3H,11H2,(H,12,13). The average Bonchev–Trinajstić information content (AvgIpc) is 2.52. The van der Waals surface area contributed by atoms with Crippen molar-refractivity contribution in [1.29, 1.82) is 0 Å². The van der Waals surface area contributed by atoms with Crippen LogP contribution in [-0.4, -0.2) is 11.1 Å². The Balaban J connectivity index is 2.93. The molecule has 14 heavy (non-hydrogen) atoms. The van der Waals surface area contributed by atoms with Crippen LogP contribution in [0, 0.1) is 0 Å². The van der Waals surface area contributed by atoms with E-state index in [0.717, 1.165) is 5.39 Å². The first kappa shape index (κ1) is 9.30. The molecule has 2 aromatic rings. The number of fused-ring (bicyclic) bond motifs is 1. The number of carboxylic acids is 1. The maximum atomic E-state index is 11.0. The molecule has 0 saturated heterocycles. The molecule has 0 aliphatic rings. The number of benzene rings is 1. The number of halogens is 1. The number of thiophene rings is 1.